The largest absolute Gasteiger partial charge is 0.384 e. The van der Waals surface area contributed by atoms with E-state index in [1.54, 1.807) is 0 Å². The van der Waals surface area contributed by atoms with E-state index >= 15 is 0 Å². The summed E-state index contributed by atoms with van der Waals surface area (Å²) in [6.07, 6.45) is 6.55. The lowest BCUT2D eigenvalue weighted by atomic mass is 10.1. The molecule has 13 heavy (non-hydrogen) atoms. The Bertz CT molecular complexity index is 224. The standard InChI is InChI=1S/C10H17N3/c1-4-11-7-9(1)2-6-13-10-3-5-12-8-10/h3,5,8-9,11-13H,1-2,4,6-7H2. The summed E-state index contributed by atoms with van der Waals surface area (Å²) in [7, 11) is 0. The summed E-state index contributed by atoms with van der Waals surface area (Å²) in [6, 6.07) is 2.06. The molecule has 2 heterocycles. The fraction of sp³-hybridized carbons (Fsp3) is 0.600. The number of hydrogen-bond acceptors (Lipinski definition) is 2. The van der Waals surface area contributed by atoms with Crippen LogP contribution in [0.3, 0.4) is 0 Å². The topological polar surface area (TPSA) is 39.8 Å². The Morgan fingerprint density at radius 2 is 2.54 bits per heavy atom. The van der Waals surface area contributed by atoms with Crippen LogP contribution in [0.1, 0.15) is 12.8 Å². The van der Waals surface area contributed by atoms with Gasteiger partial charge in [0.2, 0.25) is 0 Å². The van der Waals surface area contributed by atoms with Gasteiger partial charge in [-0.25, -0.2) is 0 Å². The van der Waals surface area contributed by atoms with Crippen LogP contribution in [0.4, 0.5) is 5.69 Å². The summed E-state index contributed by atoms with van der Waals surface area (Å²) in [5.41, 5.74) is 1.20. The number of anilines is 1. The number of nitrogens with one attached hydrogen (secondary N) is 3. The SMILES string of the molecule is c1cc(NCCC2CCNC2)c[nH]1. The molecule has 2 rings (SSSR count). The van der Waals surface area contributed by atoms with E-state index in [9.17, 15) is 0 Å². The van der Waals surface area contributed by atoms with Crippen molar-refractivity contribution in [3.05, 3.63) is 18.5 Å². The molecule has 0 saturated carbocycles. The molecule has 0 radical (unpaired) electrons. The fourth-order valence-corrected chi connectivity index (χ4v) is 1.82. The van der Waals surface area contributed by atoms with Gasteiger partial charge in [0.05, 0.1) is 5.69 Å². The highest BCUT2D eigenvalue weighted by atomic mass is 14.9. The van der Waals surface area contributed by atoms with Crippen LogP contribution in [0, 0.1) is 5.92 Å². The number of rotatable bonds is 4. The molecule has 1 fully saturated rings. The lowest BCUT2D eigenvalue weighted by molar-refractivity contribution is 0.549. The molecule has 0 aliphatic carbocycles. The highest BCUT2D eigenvalue weighted by molar-refractivity contribution is 5.39. The first-order valence-corrected chi connectivity index (χ1v) is 5.02. The van der Waals surface area contributed by atoms with Crippen LogP contribution < -0.4 is 10.6 Å². The zero-order valence-electron chi connectivity index (χ0n) is 7.84. The second-order valence-electron chi connectivity index (χ2n) is 3.67. The molecule has 1 atom stereocenters. The maximum atomic E-state index is 3.39. The molecule has 3 N–H and O–H groups in total. The third-order valence-corrected chi connectivity index (χ3v) is 2.64. The van der Waals surface area contributed by atoms with E-state index in [1.807, 2.05) is 12.4 Å². The monoisotopic (exact) mass is 179 g/mol. The first kappa shape index (κ1) is 8.63. The Morgan fingerprint density at radius 1 is 1.54 bits per heavy atom. The third-order valence-electron chi connectivity index (χ3n) is 2.64. The van der Waals surface area contributed by atoms with Crippen LogP contribution >= 0.6 is 0 Å². The lowest BCUT2D eigenvalue weighted by Crippen LogP contribution is -2.12. The van der Waals surface area contributed by atoms with Crippen molar-refractivity contribution in [3.63, 3.8) is 0 Å². The molecule has 3 nitrogen and oxygen atoms in total. The van der Waals surface area contributed by atoms with E-state index in [1.165, 1.54) is 31.6 Å². The Kier molecular flexibility index (Phi) is 2.87. The van der Waals surface area contributed by atoms with Crippen molar-refractivity contribution in [2.75, 3.05) is 25.0 Å². The minimum absolute atomic E-state index is 0.881. The lowest BCUT2D eigenvalue weighted by Gasteiger charge is -2.08. The third kappa shape index (κ3) is 2.49. The molecule has 0 aromatic carbocycles. The van der Waals surface area contributed by atoms with E-state index in [-0.39, 0.29) is 0 Å². The average Bonchev–Trinajstić information content (AvgIpc) is 2.75. The van der Waals surface area contributed by atoms with Crippen LogP contribution in [0.25, 0.3) is 0 Å². The van der Waals surface area contributed by atoms with E-state index in [0.717, 1.165) is 12.5 Å². The first-order chi connectivity index (χ1) is 6.45. The van der Waals surface area contributed by atoms with Gasteiger partial charge >= 0.3 is 0 Å². The molecule has 0 amide bonds. The summed E-state index contributed by atoms with van der Waals surface area (Å²) >= 11 is 0. The number of hydrogen-bond donors (Lipinski definition) is 3. The second-order valence-corrected chi connectivity index (χ2v) is 3.67. The van der Waals surface area contributed by atoms with E-state index in [2.05, 4.69) is 21.7 Å². The quantitative estimate of drug-likeness (QED) is 0.654. The van der Waals surface area contributed by atoms with Crippen LogP contribution in [0.15, 0.2) is 18.5 Å². The van der Waals surface area contributed by atoms with Gasteiger partial charge in [-0.15, -0.1) is 0 Å². The van der Waals surface area contributed by atoms with Crippen LogP contribution in [0.5, 0.6) is 0 Å². The van der Waals surface area contributed by atoms with Crippen molar-refractivity contribution >= 4 is 5.69 Å². The minimum atomic E-state index is 0.881. The number of aromatic amines is 1. The van der Waals surface area contributed by atoms with Crippen molar-refractivity contribution in [2.45, 2.75) is 12.8 Å². The fourth-order valence-electron chi connectivity index (χ4n) is 1.82. The number of aromatic nitrogens is 1. The van der Waals surface area contributed by atoms with Gasteiger partial charge in [0.1, 0.15) is 0 Å². The van der Waals surface area contributed by atoms with Gasteiger partial charge in [0.15, 0.2) is 0 Å². The van der Waals surface area contributed by atoms with Crippen LogP contribution in [0.2, 0.25) is 0 Å². The zero-order valence-corrected chi connectivity index (χ0v) is 7.84. The molecular weight excluding hydrogens is 162 g/mol. The van der Waals surface area contributed by atoms with Gasteiger partial charge in [-0.05, 0) is 37.9 Å². The van der Waals surface area contributed by atoms with Crippen molar-refractivity contribution in [1.82, 2.24) is 10.3 Å². The van der Waals surface area contributed by atoms with Gasteiger partial charge in [-0.2, -0.15) is 0 Å². The summed E-state index contributed by atoms with van der Waals surface area (Å²) in [5.74, 6) is 0.881. The number of H-pyrrole nitrogens is 1. The summed E-state index contributed by atoms with van der Waals surface area (Å²) < 4.78 is 0. The normalized spacial score (nSPS) is 22.0. The predicted octanol–water partition coefficient (Wildman–Crippen LogP) is 1.43. The minimum Gasteiger partial charge on any atom is -0.384 e. The van der Waals surface area contributed by atoms with Crippen LogP contribution in [-0.4, -0.2) is 24.6 Å². The molecule has 1 aromatic heterocycles. The van der Waals surface area contributed by atoms with E-state index in [4.69, 9.17) is 0 Å². The van der Waals surface area contributed by atoms with Crippen molar-refractivity contribution in [1.29, 1.82) is 0 Å². The van der Waals surface area contributed by atoms with Crippen molar-refractivity contribution in [2.24, 2.45) is 5.92 Å². The Morgan fingerprint density at radius 3 is 3.23 bits per heavy atom. The zero-order chi connectivity index (χ0) is 8.93. The average molecular weight is 179 g/mol. The van der Waals surface area contributed by atoms with Gasteiger partial charge in [-0.3, -0.25) is 0 Å². The summed E-state index contributed by atoms with van der Waals surface area (Å²) in [5, 5.41) is 6.77. The molecule has 72 valence electrons. The molecular formula is C10H17N3. The Balaban J connectivity index is 1.63. The molecule has 0 spiro atoms. The molecule has 1 saturated heterocycles. The highest BCUT2D eigenvalue weighted by Crippen LogP contribution is 2.12. The molecule has 1 aliphatic heterocycles. The predicted molar refractivity (Wildman–Crippen MR) is 54.9 cm³/mol. The second kappa shape index (κ2) is 4.33. The summed E-state index contributed by atoms with van der Waals surface area (Å²) in [4.78, 5) is 3.03. The van der Waals surface area contributed by atoms with Crippen LogP contribution in [-0.2, 0) is 0 Å². The molecule has 1 aliphatic rings. The Labute approximate surface area is 78.9 Å². The first-order valence-electron chi connectivity index (χ1n) is 5.02. The van der Waals surface area contributed by atoms with Gasteiger partial charge in [-0.1, -0.05) is 0 Å². The van der Waals surface area contributed by atoms with Crippen molar-refractivity contribution < 1.29 is 0 Å². The maximum Gasteiger partial charge on any atom is 0.0517 e. The van der Waals surface area contributed by atoms with Crippen molar-refractivity contribution in [3.8, 4) is 0 Å². The van der Waals surface area contributed by atoms with E-state index in [0.29, 0.717) is 0 Å². The molecule has 3 heteroatoms. The maximum absolute atomic E-state index is 3.39. The van der Waals surface area contributed by atoms with Gasteiger partial charge < -0.3 is 15.6 Å². The van der Waals surface area contributed by atoms with Gasteiger partial charge in [0, 0.05) is 18.9 Å². The highest BCUT2D eigenvalue weighted by Gasteiger charge is 2.13. The summed E-state index contributed by atoms with van der Waals surface area (Å²) in [6.45, 7) is 3.49. The Hall–Kier alpha value is -0.960. The van der Waals surface area contributed by atoms with E-state index < -0.39 is 0 Å². The van der Waals surface area contributed by atoms with Gasteiger partial charge in [0.25, 0.3) is 0 Å². The smallest absolute Gasteiger partial charge is 0.0517 e. The molecule has 1 aromatic rings. The molecule has 1 unspecified atom stereocenters. The molecule has 0 bridgehead atoms.